The minimum Gasteiger partial charge on any atom is -0.406 e. The molecule has 6 rings (SSSR count). The largest absolute Gasteiger partial charge is 0.573 e. The van der Waals surface area contributed by atoms with E-state index in [1.165, 1.54) is 43.1 Å². The van der Waals surface area contributed by atoms with Crippen LogP contribution < -0.4 is 20.7 Å². The predicted octanol–water partition coefficient (Wildman–Crippen LogP) is 6.48. The van der Waals surface area contributed by atoms with E-state index in [1.807, 2.05) is 6.07 Å². The highest BCUT2D eigenvalue weighted by Gasteiger charge is 2.45. The number of anilines is 4. The number of halogens is 4. The molecule has 1 aromatic heterocycles. The third kappa shape index (κ3) is 6.39. The first kappa shape index (κ1) is 29.2. The molecule has 0 radical (unpaired) electrons. The number of hydrogen-bond donors (Lipinski definition) is 2. The highest BCUT2D eigenvalue weighted by Crippen LogP contribution is 2.41. The molecule has 0 amide bonds. The van der Waals surface area contributed by atoms with Crippen molar-refractivity contribution in [3.8, 4) is 5.75 Å². The van der Waals surface area contributed by atoms with Crippen LogP contribution in [-0.2, 0) is 22.1 Å². The maximum Gasteiger partial charge on any atom is 0.573 e. The lowest BCUT2D eigenvalue weighted by atomic mass is 9.87. The molecule has 224 valence electrons. The number of rotatable bonds is 7. The smallest absolute Gasteiger partial charge is 0.406 e. The van der Waals surface area contributed by atoms with Gasteiger partial charge in [0, 0.05) is 29.1 Å². The SMILES string of the molecule is CP(C)(=O)c1cc(OC(F)(F)F)ccc1Nc1nc(Nc2ccc3c(c2)CCC(N2C4COCC2C4)CC3)ncc1Cl. The zero-order chi connectivity index (χ0) is 29.6. The van der Waals surface area contributed by atoms with E-state index in [9.17, 15) is 17.7 Å². The molecule has 3 aliphatic rings. The van der Waals surface area contributed by atoms with Gasteiger partial charge >= 0.3 is 6.36 Å². The van der Waals surface area contributed by atoms with Gasteiger partial charge in [-0.1, -0.05) is 17.7 Å². The summed E-state index contributed by atoms with van der Waals surface area (Å²) < 4.78 is 60.9. The third-order valence-corrected chi connectivity index (χ3v) is 9.97. The number of aryl methyl sites for hydroxylation is 2. The number of nitrogens with one attached hydrogen (secondary N) is 2. The molecule has 3 unspecified atom stereocenters. The molecule has 8 nitrogen and oxygen atoms in total. The average Bonchev–Trinajstić information content (AvgIpc) is 3.12. The van der Waals surface area contributed by atoms with Crippen LogP contribution in [0.5, 0.6) is 5.75 Å². The topological polar surface area (TPSA) is 88.6 Å². The van der Waals surface area contributed by atoms with Gasteiger partial charge in [0.25, 0.3) is 0 Å². The summed E-state index contributed by atoms with van der Waals surface area (Å²) in [6, 6.07) is 11.7. The first-order valence-corrected chi connectivity index (χ1v) is 16.9. The van der Waals surface area contributed by atoms with Crippen molar-refractivity contribution in [3.63, 3.8) is 0 Å². The molecular weight excluding hydrogens is 590 g/mol. The van der Waals surface area contributed by atoms with Gasteiger partial charge in [0.2, 0.25) is 5.95 Å². The number of hydrogen-bond acceptors (Lipinski definition) is 8. The predicted molar refractivity (Wildman–Crippen MR) is 158 cm³/mol. The summed E-state index contributed by atoms with van der Waals surface area (Å²) in [6.07, 6.45) is 2.11. The number of fused-ring (bicyclic) bond motifs is 3. The Labute approximate surface area is 247 Å². The van der Waals surface area contributed by atoms with Gasteiger partial charge < -0.3 is 24.7 Å². The number of morpholine rings is 1. The van der Waals surface area contributed by atoms with E-state index in [2.05, 4.69) is 42.4 Å². The molecule has 1 aliphatic carbocycles. The van der Waals surface area contributed by atoms with Gasteiger partial charge in [0.15, 0.2) is 5.82 Å². The minimum absolute atomic E-state index is 0.173. The van der Waals surface area contributed by atoms with Crippen LogP contribution in [0.15, 0.2) is 42.6 Å². The van der Waals surface area contributed by atoms with Crippen molar-refractivity contribution >= 4 is 47.2 Å². The van der Waals surface area contributed by atoms with E-state index in [-0.39, 0.29) is 22.1 Å². The Balaban J connectivity index is 1.18. The van der Waals surface area contributed by atoms with Crippen molar-refractivity contribution in [3.05, 3.63) is 58.7 Å². The van der Waals surface area contributed by atoms with Crippen LogP contribution in [-0.4, -0.2) is 65.9 Å². The molecule has 42 heavy (non-hydrogen) atoms. The number of aromatic nitrogens is 2. The van der Waals surface area contributed by atoms with Crippen molar-refractivity contribution in [2.24, 2.45) is 0 Å². The van der Waals surface area contributed by atoms with Crippen molar-refractivity contribution in [1.29, 1.82) is 0 Å². The van der Waals surface area contributed by atoms with E-state index in [0.717, 1.165) is 56.7 Å². The Bertz CT molecular complexity index is 1520. The second-order valence-corrected chi connectivity index (χ2v) is 15.1. The summed E-state index contributed by atoms with van der Waals surface area (Å²) in [5.74, 6) is 0.0472. The van der Waals surface area contributed by atoms with Crippen LogP contribution in [0.1, 0.15) is 30.4 Å². The van der Waals surface area contributed by atoms with Gasteiger partial charge in [0.1, 0.15) is 17.9 Å². The zero-order valence-corrected chi connectivity index (χ0v) is 24.9. The highest BCUT2D eigenvalue weighted by atomic mass is 35.5. The first-order valence-electron chi connectivity index (χ1n) is 13.9. The van der Waals surface area contributed by atoms with E-state index >= 15 is 0 Å². The minimum atomic E-state index is -4.87. The van der Waals surface area contributed by atoms with Crippen molar-refractivity contribution in [1.82, 2.24) is 14.9 Å². The van der Waals surface area contributed by atoms with Crippen LogP contribution in [0.25, 0.3) is 0 Å². The molecule has 3 atom stereocenters. The maximum absolute atomic E-state index is 12.9. The van der Waals surface area contributed by atoms with Gasteiger partial charge in [-0.05, 0) is 86.9 Å². The lowest BCUT2D eigenvalue weighted by molar-refractivity contribution is -0.274. The number of ether oxygens (including phenoxy) is 2. The van der Waals surface area contributed by atoms with Crippen LogP contribution in [0, 0.1) is 0 Å². The van der Waals surface area contributed by atoms with Crippen molar-refractivity contribution in [2.45, 2.75) is 56.6 Å². The summed E-state index contributed by atoms with van der Waals surface area (Å²) in [7, 11) is -3.02. The molecular formula is C29H32ClF3N5O3P. The third-order valence-electron chi connectivity index (χ3n) is 8.17. The molecule has 3 heterocycles. The summed E-state index contributed by atoms with van der Waals surface area (Å²) in [5.41, 5.74) is 3.82. The molecule has 2 aliphatic heterocycles. The summed E-state index contributed by atoms with van der Waals surface area (Å²) >= 11 is 6.37. The fourth-order valence-corrected chi connectivity index (χ4v) is 7.55. The fourth-order valence-electron chi connectivity index (χ4n) is 6.26. The van der Waals surface area contributed by atoms with Crippen LogP contribution in [0.4, 0.5) is 36.3 Å². The van der Waals surface area contributed by atoms with Crippen LogP contribution in [0.2, 0.25) is 5.02 Å². The molecule has 0 saturated carbocycles. The normalized spacial score (nSPS) is 22.5. The van der Waals surface area contributed by atoms with Gasteiger partial charge in [-0.3, -0.25) is 4.90 Å². The number of alkyl halides is 3. The Hall–Kier alpha value is -2.85. The molecule has 2 saturated heterocycles. The maximum atomic E-state index is 12.9. The van der Waals surface area contributed by atoms with Gasteiger partial charge in [-0.2, -0.15) is 4.98 Å². The second-order valence-electron chi connectivity index (χ2n) is 11.5. The standard InChI is InChI=1S/C29H32ClF3N5O3P/c1-42(2,39)26-13-23(41-29(31,32)33)9-10-25(26)36-27-24(30)14-34-28(37-27)35-19-6-3-17-4-7-20(8-5-18(17)11-19)38-21-12-22(38)16-40-15-21/h3,6,9-11,13-14,20-22H,4-5,7-8,12,15-16H2,1-2H3,(H2,34,35,36,37). The first-order chi connectivity index (χ1) is 19.9. The lowest BCUT2D eigenvalue weighted by Crippen LogP contribution is -2.66. The van der Waals surface area contributed by atoms with E-state index < -0.39 is 19.3 Å². The second kappa shape index (κ2) is 11.3. The summed E-state index contributed by atoms with van der Waals surface area (Å²) in [6.45, 7) is 4.62. The van der Waals surface area contributed by atoms with Gasteiger partial charge in [-0.25, -0.2) is 4.98 Å². The highest BCUT2D eigenvalue weighted by molar-refractivity contribution is 7.70. The van der Waals surface area contributed by atoms with Crippen molar-refractivity contribution in [2.75, 3.05) is 37.2 Å². The Morgan fingerprint density at radius 1 is 1.02 bits per heavy atom. The van der Waals surface area contributed by atoms with Crippen LogP contribution >= 0.6 is 18.7 Å². The van der Waals surface area contributed by atoms with E-state index in [0.29, 0.717) is 23.8 Å². The average molecular weight is 622 g/mol. The molecule has 2 aromatic carbocycles. The van der Waals surface area contributed by atoms with Crippen LogP contribution in [0.3, 0.4) is 0 Å². The van der Waals surface area contributed by atoms with E-state index in [4.69, 9.17) is 16.3 Å². The molecule has 2 fully saturated rings. The monoisotopic (exact) mass is 621 g/mol. The fraction of sp³-hybridized carbons (Fsp3) is 0.448. The number of benzene rings is 2. The molecule has 0 spiro atoms. The molecule has 3 aromatic rings. The number of nitrogens with zero attached hydrogens (tertiary/aromatic N) is 3. The van der Waals surface area contributed by atoms with Crippen molar-refractivity contribution < 1.29 is 27.2 Å². The quantitative estimate of drug-likeness (QED) is 0.229. The Morgan fingerprint density at radius 2 is 1.76 bits per heavy atom. The summed E-state index contributed by atoms with van der Waals surface area (Å²) in [5, 5.41) is 6.63. The Kier molecular flexibility index (Phi) is 7.89. The van der Waals surface area contributed by atoms with Gasteiger partial charge in [0.05, 0.1) is 25.1 Å². The lowest BCUT2D eigenvalue weighted by Gasteiger charge is -2.56. The van der Waals surface area contributed by atoms with Gasteiger partial charge in [-0.15, -0.1) is 13.2 Å². The molecule has 2 bridgehead atoms. The Morgan fingerprint density at radius 3 is 2.45 bits per heavy atom. The van der Waals surface area contributed by atoms with E-state index in [1.54, 1.807) is 0 Å². The zero-order valence-electron chi connectivity index (χ0n) is 23.2. The molecule has 2 N–H and O–H groups in total. The molecule has 13 heteroatoms. The summed E-state index contributed by atoms with van der Waals surface area (Å²) in [4.78, 5) is 11.5.